The van der Waals surface area contributed by atoms with E-state index < -0.39 is 23.7 Å². The van der Waals surface area contributed by atoms with Crippen LogP contribution in [0.1, 0.15) is 37.8 Å². The number of carboxylic acids is 1. The number of hydrogen-bond donors (Lipinski definition) is 1. The number of amides is 1. The minimum Gasteiger partial charge on any atom is -0.481 e. The van der Waals surface area contributed by atoms with Crippen LogP contribution in [0, 0.1) is 11.7 Å². The van der Waals surface area contributed by atoms with E-state index >= 15 is 0 Å². The van der Waals surface area contributed by atoms with Crippen LogP contribution in [0.15, 0.2) is 22.7 Å². The lowest BCUT2D eigenvalue weighted by atomic mass is 9.84. The zero-order valence-corrected chi connectivity index (χ0v) is 13.3. The fourth-order valence-electron chi connectivity index (χ4n) is 2.82. The first kappa shape index (κ1) is 15.9. The Labute approximate surface area is 131 Å². The van der Waals surface area contributed by atoms with Gasteiger partial charge in [0.25, 0.3) is 0 Å². The molecule has 4 nitrogen and oxygen atoms in total. The maximum absolute atomic E-state index is 13.4. The minimum absolute atomic E-state index is 0.0419. The van der Waals surface area contributed by atoms with Crippen molar-refractivity contribution < 1.29 is 19.1 Å². The summed E-state index contributed by atoms with van der Waals surface area (Å²) in [4.78, 5) is 25.3. The molecule has 0 bridgehead atoms. The summed E-state index contributed by atoms with van der Waals surface area (Å²) in [5.41, 5.74) is 0.650. The van der Waals surface area contributed by atoms with Gasteiger partial charge in [-0.1, -0.05) is 13.0 Å². The number of halogens is 2. The summed E-state index contributed by atoms with van der Waals surface area (Å²) >= 11 is 3.12. The van der Waals surface area contributed by atoms with E-state index in [1.54, 1.807) is 17.0 Å². The minimum atomic E-state index is -0.922. The molecule has 0 radical (unpaired) electrons. The smallest absolute Gasteiger partial charge is 0.308 e. The van der Waals surface area contributed by atoms with Gasteiger partial charge in [0.05, 0.1) is 16.4 Å². The molecule has 114 valence electrons. The third-order valence-corrected chi connectivity index (χ3v) is 4.38. The van der Waals surface area contributed by atoms with E-state index in [1.165, 1.54) is 6.07 Å². The summed E-state index contributed by atoms with van der Waals surface area (Å²) in [6, 6.07) is 3.88. The first-order chi connectivity index (χ1) is 9.95. The number of piperidine rings is 1. The van der Waals surface area contributed by atoms with Crippen molar-refractivity contribution in [3.8, 4) is 0 Å². The quantitative estimate of drug-likeness (QED) is 0.898. The molecule has 2 rings (SSSR count). The number of hydrogen-bond acceptors (Lipinski definition) is 2. The average molecular weight is 358 g/mol. The molecule has 0 aromatic heterocycles. The molecule has 0 aliphatic carbocycles. The molecular formula is C15H17BrFNO3. The summed E-state index contributed by atoms with van der Waals surface area (Å²) in [7, 11) is 0. The van der Waals surface area contributed by atoms with Gasteiger partial charge in [-0.3, -0.25) is 9.59 Å². The Hall–Kier alpha value is -1.43. The van der Waals surface area contributed by atoms with Crippen LogP contribution in [-0.2, 0) is 9.59 Å². The number of carbonyl (C=O) groups excluding carboxylic acids is 1. The molecule has 1 fully saturated rings. The second-order valence-electron chi connectivity index (χ2n) is 5.19. The molecule has 1 heterocycles. The zero-order chi connectivity index (χ0) is 15.6. The van der Waals surface area contributed by atoms with Gasteiger partial charge < -0.3 is 10.0 Å². The van der Waals surface area contributed by atoms with E-state index in [4.69, 9.17) is 0 Å². The lowest BCUT2D eigenvalue weighted by molar-refractivity contribution is -0.152. The topological polar surface area (TPSA) is 57.6 Å². The number of benzene rings is 1. The fourth-order valence-corrected chi connectivity index (χ4v) is 3.22. The Bertz CT molecular complexity index is 564. The highest BCUT2D eigenvalue weighted by molar-refractivity contribution is 9.10. The molecule has 0 spiro atoms. The Morgan fingerprint density at radius 1 is 1.52 bits per heavy atom. The molecule has 0 saturated carbocycles. The van der Waals surface area contributed by atoms with Gasteiger partial charge >= 0.3 is 5.97 Å². The van der Waals surface area contributed by atoms with Crippen LogP contribution in [0.2, 0.25) is 0 Å². The summed E-state index contributed by atoms with van der Waals surface area (Å²) in [5, 5.41) is 9.44. The van der Waals surface area contributed by atoms with Gasteiger partial charge in [-0.05, 0) is 46.5 Å². The molecule has 1 aromatic carbocycles. The largest absolute Gasteiger partial charge is 0.481 e. The second kappa shape index (κ2) is 6.56. The molecule has 1 N–H and O–H groups in total. The molecular weight excluding hydrogens is 341 g/mol. The van der Waals surface area contributed by atoms with Gasteiger partial charge in [0.15, 0.2) is 0 Å². The highest BCUT2D eigenvalue weighted by Crippen LogP contribution is 2.38. The van der Waals surface area contributed by atoms with E-state index in [2.05, 4.69) is 15.9 Å². The number of aliphatic carboxylic acids is 1. The van der Waals surface area contributed by atoms with Crippen molar-refractivity contribution in [3.05, 3.63) is 34.1 Å². The van der Waals surface area contributed by atoms with Gasteiger partial charge in [-0.25, -0.2) is 4.39 Å². The van der Waals surface area contributed by atoms with E-state index in [1.807, 2.05) is 6.92 Å². The fraction of sp³-hybridized carbons (Fsp3) is 0.467. The highest BCUT2D eigenvalue weighted by atomic mass is 79.9. The van der Waals surface area contributed by atoms with Gasteiger partial charge in [0.2, 0.25) is 5.91 Å². The van der Waals surface area contributed by atoms with Crippen molar-refractivity contribution in [3.63, 3.8) is 0 Å². The van der Waals surface area contributed by atoms with E-state index in [9.17, 15) is 19.1 Å². The van der Waals surface area contributed by atoms with Crippen molar-refractivity contribution >= 4 is 27.8 Å². The zero-order valence-electron chi connectivity index (χ0n) is 11.7. The number of nitrogens with zero attached hydrogens (tertiary/aromatic N) is 1. The number of carboxylic acid groups (broad SMARTS) is 1. The molecule has 1 aliphatic rings. The predicted octanol–water partition coefficient (Wildman–Crippen LogP) is 3.36. The Kier molecular flexibility index (Phi) is 4.98. The number of rotatable bonds is 4. The first-order valence-corrected chi connectivity index (χ1v) is 7.72. The predicted molar refractivity (Wildman–Crippen MR) is 79.2 cm³/mol. The Morgan fingerprint density at radius 2 is 2.24 bits per heavy atom. The standard InChI is InChI=1S/C15H17BrFNO3/c1-2-7-18-13(19)6-4-10(15(20)21)14(18)9-3-5-12(17)11(16)8-9/h3,5,8,10,14H,2,4,6-7H2,1H3,(H,20,21). The van der Waals surface area contributed by atoms with E-state index in [0.717, 1.165) is 6.42 Å². The van der Waals surface area contributed by atoms with Crippen LogP contribution in [0.4, 0.5) is 4.39 Å². The Balaban J connectivity index is 2.45. The van der Waals surface area contributed by atoms with Crippen LogP contribution in [0.3, 0.4) is 0 Å². The maximum Gasteiger partial charge on any atom is 0.308 e. The third-order valence-electron chi connectivity index (χ3n) is 3.77. The van der Waals surface area contributed by atoms with Gasteiger partial charge in [-0.15, -0.1) is 0 Å². The normalized spacial score (nSPS) is 22.4. The summed E-state index contributed by atoms with van der Waals surface area (Å²) in [6.45, 7) is 2.44. The molecule has 6 heteroatoms. The van der Waals surface area contributed by atoms with Crippen molar-refractivity contribution in [1.82, 2.24) is 4.90 Å². The average Bonchev–Trinajstić information content (AvgIpc) is 2.44. The van der Waals surface area contributed by atoms with Crippen LogP contribution in [0.25, 0.3) is 0 Å². The lowest BCUT2D eigenvalue weighted by Gasteiger charge is -2.39. The maximum atomic E-state index is 13.4. The third kappa shape index (κ3) is 3.26. The van der Waals surface area contributed by atoms with Gasteiger partial charge in [0, 0.05) is 13.0 Å². The van der Waals surface area contributed by atoms with Gasteiger partial charge in [0.1, 0.15) is 5.82 Å². The van der Waals surface area contributed by atoms with Crippen LogP contribution >= 0.6 is 15.9 Å². The molecule has 21 heavy (non-hydrogen) atoms. The first-order valence-electron chi connectivity index (χ1n) is 6.93. The summed E-state index contributed by atoms with van der Waals surface area (Å²) in [5.74, 6) is -2.03. The lowest BCUT2D eigenvalue weighted by Crippen LogP contribution is -2.45. The molecule has 2 atom stereocenters. The molecule has 1 aromatic rings. The van der Waals surface area contributed by atoms with Crippen molar-refractivity contribution in [2.24, 2.45) is 5.92 Å². The SMILES string of the molecule is CCCN1C(=O)CCC(C(=O)O)C1c1ccc(F)c(Br)c1. The molecule has 1 amide bonds. The highest BCUT2D eigenvalue weighted by Gasteiger charge is 2.40. The van der Waals surface area contributed by atoms with Crippen molar-refractivity contribution in [2.45, 2.75) is 32.2 Å². The Morgan fingerprint density at radius 3 is 2.81 bits per heavy atom. The van der Waals surface area contributed by atoms with Crippen LogP contribution < -0.4 is 0 Å². The van der Waals surface area contributed by atoms with Crippen molar-refractivity contribution in [1.29, 1.82) is 0 Å². The summed E-state index contributed by atoms with van der Waals surface area (Å²) < 4.78 is 13.7. The van der Waals surface area contributed by atoms with Crippen molar-refractivity contribution in [2.75, 3.05) is 6.54 Å². The molecule has 1 aliphatic heterocycles. The number of likely N-dealkylation sites (tertiary alicyclic amines) is 1. The van der Waals surface area contributed by atoms with E-state index in [0.29, 0.717) is 18.5 Å². The summed E-state index contributed by atoms with van der Waals surface area (Å²) in [6.07, 6.45) is 1.31. The second-order valence-corrected chi connectivity index (χ2v) is 6.04. The number of carbonyl (C=O) groups is 2. The van der Waals surface area contributed by atoms with E-state index in [-0.39, 0.29) is 16.8 Å². The van der Waals surface area contributed by atoms with Crippen LogP contribution in [-0.4, -0.2) is 28.4 Å². The molecule has 1 saturated heterocycles. The van der Waals surface area contributed by atoms with Gasteiger partial charge in [-0.2, -0.15) is 0 Å². The van der Waals surface area contributed by atoms with Crippen LogP contribution in [0.5, 0.6) is 0 Å². The molecule has 2 unspecified atom stereocenters. The monoisotopic (exact) mass is 357 g/mol.